The molecule has 1 N–H and O–H groups in total. The second-order valence-electron chi connectivity index (χ2n) is 5.38. The Morgan fingerprint density at radius 3 is 2.55 bits per heavy atom. The molecule has 7 heteroatoms. The van der Waals surface area contributed by atoms with Gasteiger partial charge in [0.15, 0.2) is 5.78 Å². The van der Waals surface area contributed by atoms with Gasteiger partial charge in [-0.3, -0.25) is 9.59 Å². The van der Waals surface area contributed by atoms with Crippen LogP contribution in [-0.2, 0) is 0 Å². The number of aryl methyl sites for hydroxylation is 1. The van der Waals surface area contributed by atoms with Gasteiger partial charge in [0.25, 0.3) is 5.91 Å². The van der Waals surface area contributed by atoms with Gasteiger partial charge in [-0.05, 0) is 29.9 Å². The van der Waals surface area contributed by atoms with E-state index in [1.165, 1.54) is 11.3 Å². The van der Waals surface area contributed by atoms with Crippen molar-refractivity contribution in [3.63, 3.8) is 0 Å². The van der Waals surface area contributed by atoms with E-state index in [2.05, 4.69) is 14.9 Å². The maximum atomic E-state index is 12.3. The van der Waals surface area contributed by atoms with Crippen molar-refractivity contribution in [1.82, 2.24) is 9.59 Å². The number of amides is 1. The van der Waals surface area contributed by atoms with Crippen molar-refractivity contribution in [2.45, 2.75) is 27.7 Å². The zero-order valence-corrected chi connectivity index (χ0v) is 13.3. The summed E-state index contributed by atoms with van der Waals surface area (Å²) in [4.78, 5) is 24.9. The first-order chi connectivity index (χ1) is 9.30. The van der Waals surface area contributed by atoms with Crippen molar-refractivity contribution in [3.05, 3.63) is 27.6 Å². The van der Waals surface area contributed by atoms with Gasteiger partial charge in [-0.15, -0.1) is 16.4 Å². The Kier molecular flexibility index (Phi) is 4.01. The Hall–Kier alpha value is -1.60. The molecule has 20 heavy (non-hydrogen) atoms. The largest absolute Gasteiger partial charge is 0.312 e. The number of hydrogen-bond acceptors (Lipinski definition) is 6. The van der Waals surface area contributed by atoms with Crippen LogP contribution in [0.25, 0.3) is 0 Å². The molecule has 0 saturated heterocycles. The Morgan fingerprint density at radius 2 is 2.00 bits per heavy atom. The predicted molar refractivity (Wildman–Crippen MR) is 80.7 cm³/mol. The molecule has 0 aromatic carbocycles. The molecule has 0 aliphatic rings. The summed E-state index contributed by atoms with van der Waals surface area (Å²) in [6.07, 6.45) is 0. The molecule has 0 unspecified atom stereocenters. The smallest absolute Gasteiger partial charge is 0.269 e. The number of nitrogens with zero attached hydrogens (tertiary/aromatic N) is 2. The minimum Gasteiger partial charge on any atom is -0.312 e. The number of aromatic nitrogens is 2. The SMILES string of the molecule is Cc1nnsc1C(=O)Nc1sccc1C(=O)C(C)(C)C. The van der Waals surface area contributed by atoms with E-state index >= 15 is 0 Å². The molecule has 2 heterocycles. The number of carbonyl (C=O) groups is 2. The van der Waals surface area contributed by atoms with Crippen LogP contribution >= 0.6 is 22.9 Å². The monoisotopic (exact) mass is 309 g/mol. The fraction of sp³-hybridized carbons (Fsp3) is 0.385. The van der Waals surface area contributed by atoms with Crippen LogP contribution in [0.1, 0.15) is 46.5 Å². The molecule has 1 amide bonds. The van der Waals surface area contributed by atoms with Gasteiger partial charge in [0.1, 0.15) is 9.88 Å². The molecule has 0 radical (unpaired) electrons. The van der Waals surface area contributed by atoms with Crippen LogP contribution in [0.3, 0.4) is 0 Å². The maximum absolute atomic E-state index is 12.3. The standard InChI is InChI=1S/C13H15N3O2S2/c1-7-9(20-16-15-7)11(18)14-12-8(5-6-19-12)10(17)13(2,3)4/h5-6H,1-4H3,(H,14,18). The quantitative estimate of drug-likeness (QED) is 0.882. The van der Waals surface area contributed by atoms with Crippen LogP contribution < -0.4 is 5.32 Å². The number of hydrogen-bond donors (Lipinski definition) is 1. The van der Waals surface area contributed by atoms with Gasteiger partial charge in [0, 0.05) is 5.41 Å². The highest BCUT2D eigenvalue weighted by atomic mass is 32.1. The van der Waals surface area contributed by atoms with E-state index in [1.807, 2.05) is 20.8 Å². The molecule has 0 fully saturated rings. The fourth-order valence-electron chi connectivity index (χ4n) is 1.59. The summed E-state index contributed by atoms with van der Waals surface area (Å²) in [6, 6.07) is 1.74. The lowest BCUT2D eigenvalue weighted by atomic mass is 9.87. The van der Waals surface area contributed by atoms with Crippen molar-refractivity contribution in [3.8, 4) is 0 Å². The summed E-state index contributed by atoms with van der Waals surface area (Å²) < 4.78 is 3.74. The van der Waals surface area contributed by atoms with E-state index in [-0.39, 0.29) is 11.7 Å². The normalized spacial score (nSPS) is 11.4. The van der Waals surface area contributed by atoms with Gasteiger partial charge < -0.3 is 5.32 Å². The third-order valence-corrected chi connectivity index (χ3v) is 4.33. The summed E-state index contributed by atoms with van der Waals surface area (Å²) >= 11 is 2.38. The first-order valence-corrected chi connectivity index (χ1v) is 7.68. The number of carbonyl (C=O) groups excluding carboxylic acids is 2. The average molecular weight is 309 g/mol. The van der Waals surface area contributed by atoms with Gasteiger partial charge in [-0.1, -0.05) is 25.3 Å². The molecule has 106 valence electrons. The molecule has 0 saturated carbocycles. The van der Waals surface area contributed by atoms with Crippen LogP contribution in [0.15, 0.2) is 11.4 Å². The first kappa shape index (κ1) is 14.8. The van der Waals surface area contributed by atoms with E-state index in [1.54, 1.807) is 18.4 Å². The van der Waals surface area contributed by atoms with Gasteiger partial charge in [-0.2, -0.15) is 0 Å². The second kappa shape index (κ2) is 5.41. The van der Waals surface area contributed by atoms with Gasteiger partial charge >= 0.3 is 0 Å². The molecule has 0 aliphatic carbocycles. The molecule has 2 rings (SSSR count). The second-order valence-corrected chi connectivity index (χ2v) is 7.05. The van der Waals surface area contributed by atoms with Crippen molar-refractivity contribution in [2.24, 2.45) is 5.41 Å². The lowest BCUT2D eigenvalue weighted by molar-refractivity contribution is 0.0859. The average Bonchev–Trinajstić information content (AvgIpc) is 2.95. The molecular weight excluding hydrogens is 294 g/mol. The zero-order valence-electron chi connectivity index (χ0n) is 11.7. The van der Waals surface area contributed by atoms with Gasteiger partial charge in [0.2, 0.25) is 0 Å². The molecule has 2 aromatic rings. The third kappa shape index (κ3) is 2.94. The molecule has 0 bridgehead atoms. The van der Waals surface area contributed by atoms with E-state index in [4.69, 9.17) is 0 Å². The topological polar surface area (TPSA) is 72.0 Å². The summed E-state index contributed by atoms with van der Waals surface area (Å²) in [7, 11) is 0. The van der Waals surface area contributed by atoms with Crippen molar-refractivity contribution in [1.29, 1.82) is 0 Å². The maximum Gasteiger partial charge on any atom is 0.269 e. The predicted octanol–water partition coefficient (Wildman–Crippen LogP) is 3.39. The highest BCUT2D eigenvalue weighted by molar-refractivity contribution is 7.15. The van der Waals surface area contributed by atoms with E-state index in [0.29, 0.717) is 21.1 Å². The van der Waals surface area contributed by atoms with Crippen molar-refractivity contribution in [2.75, 3.05) is 5.32 Å². The minimum absolute atomic E-state index is 0.00759. The van der Waals surface area contributed by atoms with E-state index in [0.717, 1.165) is 11.5 Å². The van der Waals surface area contributed by atoms with Crippen molar-refractivity contribution >= 4 is 39.6 Å². The minimum atomic E-state index is -0.484. The Bertz CT molecular complexity index is 653. The molecule has 0 aliphatic heterocycles. The number of rotatable bonds is 3. The van der Waals surface area contributed by atoms with Crippen LogP contribution in [0.2, 0.25) is 0 Å². The zero-order chi connectivity index (χ0) is 14.9. The summed E-state index contributed by atoms with van der Waals surface area (Å²) in [5, 5.41) is 8.95. The number of nitrogens with one attached hydrogen (secondary N) is 1. The molecule has 5 nitrogen and oxygen atoms in total. The Morgan fingerprint density at radius 1 is 1.30 bits per heavy atom. The van der Waals surface area contributed by atoms with Gasteiger partial charge in [-0.25, -0.2) is 0 Å². The van der Waals surface area contributed by atoms with E-state index in [9.17, 15) is 9.59 Å². The molecule has 2 aromatic heterocycles. The van der Waals surface area contributed by atoms with Crippen LogP contribution in [-0.4, -0.2) is 21.3 Å². The highest BCUT2D eigenvalue weighted by Gasteiger charge is 2.27. The van der Waals surface area contributed by atoms with Crippen molar-refractivity contribution < 1.29 is 9.59 Å². The van der Waals surface area contributed by atoms with Gasteiger partial charge in [0.05, 0.1) is 11.3 Å². The molecule has 0 spiro atoms. The lowest BCUT2D eigenvalue weighted by Gasteiger charge is -2.16. The van der Waals surface area contributed by atoms with Crippen LogP contribution in [0.4, 0.5) is 5.00 Å². The third-order valence-electron chi connectivity index (χ3n) is 2.68. The Balaban J connectivity index is 2.24. The molecular formula is C13H15N3O2S2. The number of anilines is 1. The number of Topliss-reactive ketones (excluding diaryl/α,β-unsaturated/α-hetero) is 1. The summed E-state index contributed by atoms with van der Waals surface area (Å²) in [5.74, 6) is -0.267. The molecule has 0 atom stereocenters. The van der Waals surface area contributed by atoms with E-state index < -0.39 is 5.41 Å². The summed E-state index contributed by atoms with van der Waals surface area (Å²) in [6.45, 7) is 7.30. The Labute approximate surface area is 125 Å². The highest BCUT2D eigenvalue weighted by Crippen LogP contribution is 2.30. The number of thiophene rings is 1. The fourth-order valence-corrected chi connectivity index (χ4v) is 2.92. The first-order valence-electron chi connectivity index (χ1n) is 6.03. The lowest BCUT2D eigenvalue weighted by Crippen LogP contribution is -2.21. The van der Waals surface area contributed by atoms with Crippen LogP contribution in [0, 0.1) is 12.3 Å². The summed E-state index contributed by atoms with van der Waals surface area (Å²) in [5.41, 5.74) is 0.654. The number of ketones is 1. The van der Waals surface area contributed by atoms with Crippen LogP contribution in [0.5, 0.6) is 0 Å².